The van der Waals surface area contributed by atoms with Crippen LogP contribution in [0.1, 0.15) is 52.5 Å². The summed E-state index contributed by atoms with van der Waals surface area (Å²) in [6.45, 7) is 9.51. The van der Waals surface area contributed by atoms with Gasteiger partial charge in [0, 0.05) is 5.92 Å². The molecule has 1 radical (unpaired) electrons. The molecule has 2 atom stereocenters. The second-order valence-electron chi connectivity index (χ2n) is 6.67. The molecule has 0 aliphatic carbocycles. The maximum atomic E-state index is 13.3. The first-order valence-electron chi connectivity index (χ1n) is 8.14. The summed E-state index contributed by atoms with van der Waals surface area (Å²) in [5.74, 6) is -0.0413. The maximum Gasteiger partial charge on any atom is 0.352 e. The van der Waals surface area contributed by atoms with Gasteiger partial charge in [0.2, 0.25) is 0 Å². The third kappa shape index (κ3) is 3.01. The molecule has 0 aromatic heterocycles. The van der Waals surface area contributed by atoms with Crippen LogP contribution in [-0.2, 0) is 18.8 Å². The highest BCUT2D eigenvalue weighted by molar-refractivity contribution is 7.55. The quantitative estimate of drug-likeness (QED) is 0.711. The number of hydrogen-bond acceptors (Lipinski definition) is 4. The molecular weight excluding hydrogens is 313 g/mol. The molecule has 1 aromatic rings. The van der Waals surface area contributed by atoms with Crippen LogP contribution in [-0.4, -0.2) is 29.1 Å². The first-order chi connectivity index (χ1) is 10.7. The van der Waals surface area contributed by atoms with Gasteiger partial charge in [0.15, 0.2) is 0 Å². The molecule has 0 N–H and O–H groups in total. The van der Waals surface area contributed by atoms with Crippen LogP contribution in [0, 0.1) is 0 Å². The van der Waals surface area contributed by atoms with Gasteiger partial charge in [-0.2, -0.15) is 0 Å². The third-order valence-electron chi connectivity index (χ3n) is 4.79. The molecule has 6 heteroatoms. The standard InChI is InChI=1S/C17H27NO4P/c1-6-21-23(20,22-7-2)17(5)13-15(16(3,4)18(17)19)14-11-9-8-10-12-14/h8-12,15H,6-7,13H2,1-5H3. The van der Waals surface area contributed by atoms with Gasteiger partial charge in [-0.05, 0) is 46.6 Å². The normalized spacial score (nSPS) is 28.2. The lowest BCUT2D eigenvalue weighted by Crippen LogP contribution is -2.47. The van der Waals surface area contributed by atoms with Gasteiger partial charge < -0.3 is 9.05 Å². The van der Waals surface area contributed by atoms with Crippen molar-refractivity contribution in [2.45, 2.75) is 57.8 Å². The fraction of sp³-hybridized carbons (Fsp3) is 0.647. The van der Waals surface area contributed by atoms with Crippen molar-refractivity contribution < 1.29 is 18.8 Å². The van der Waals surface area contributed by atoms with E-state index in [-0.39, 0.29) is 19.1 Å². The van der Waals surface area contributed by atoms with E-state index in [9.17, 15) is 9.77 Å². The van der Waals surface area contributed by atoms with Gasteiger partial charge >= 0.3 is 7.60 Å². The average molecular weight is 340 g/mol. The zero-order valence-electron chi connectivity index (χ0n) is 14.6. The smallest absolute Gasteiger partial charge is 0.308 e. The van der Waals surface area contributed by atoms with Crippen LogP contribution in [0.3, 0.4) is 0 Å². The van der Waals surface area contributed by atoms with Crippen molar-refractivity contribution in [2.24, 2.45) is 0 Å². The monoisotopic (exact) mass is 340 g/mol. The van der Waals surface area contributed by atoms with E-state index < -0.39 is 18.4 Å². The van der Waals surface area contributed by atoms with Crippen LogP contribution in [0.4, 0.5) is 0 Å². The SMILES string of the molecule is CCOP(=O)(OCC)C1(C)CC(c2ccccc2)C(C)(C)N1[O]. The molecule has 2 unspecified atom stereocenters. The van der Waals surface area contributed by atoms with E-state index in [1.54, 1.807) is 20.8 Å². The van der Waals surface area contributed by atoms with E-state index in [0.29, 0.717) is 6.42 Å². The van der Waals surface area contributed by atoms with Crippen LogP contribution < -0.4 is 0 Å². The Hall–Kier alpha value is -0.710. The number of hydrogen-bond donors (Lipinski definition) is 0. The molecule has 0 spiro atoms. The molecule has 0 amide bonds. The first-order valence-corrected chi connectivity index (χ1v) is 9.69. The van der Waals surface area contributed by atoms with Crippen LogP contribution in [0.15, 0.2) is 30.3 Å². The van der Waals surface area contributed by atoms with Crippen LogP contribution in [0.25, 0.3) is 0 Å². The Morgan fingerprint density at radius 3 is 2.13 bits per heavy atom. The summed E-state index contributed by atoms with van der Waals surface area (Å²) >= 11 is 0. The van der Waals surface area contributed by atoms with E-state index in [1.165, 1.54) is 0 Å². The molecule has 1 aliphatic heterocycles. The predicted octanol–water partition coefficient (Wildman–Crippen LogP) is 4.58. The van der Waals surface area contributed by atoms with E-state index in [2.05, 4.69) is 0 Å². The Morgan fingerprint density at radius 1 is 1.13 bits per heavy atom. The van der Waals surface area contributed by atoms with Crippen molar-refractivity contribution in [2.75, 3.05) is 13.2 Å². The van der Waals surface area contributed by atoms with Crippen molar-refractivity contribution in [1.29, 1.82) is 0 Å². The molecule has 5 nitrogen and oxygen atoms in total. The van der Waals surface area contributed by atoms with Crippen molar-refractivity contribution in [3.8, 4) is 0 Å². The van der Waals surface area contributed by atoms with Gasteiger partial charge in [-0.3, -0.25) is 4.57 Å². The molecule has 0 bridgehead atoms. The summed E-state index contributed by atoms with van der Waals surface area (Å²) in [5.41, 5.74) is 0.376. The van der Waals surface area contributed by atoms with E-state index in [1.807, 2.05) is 44.2 Å². The Morgan fingerprint density at radius 2 is 1.65 bits per heavy atom. The molecular formula is C17H27NO4P. The second-order valence-corrected chi connectivity index (χ2v) is 9.14. The van der Waals surface area contributed by atoms with Crippen LogP contribution in [0.5, 0.6) is 0 Å². The van der Waals surface area contributed by atoms with Crippen molar-refractivity contribution in [3.05, 3.63) is 35.9 Å². The van der Waals surface area contributed by atoms with Gasteiger partial charge in [-0.1, -0.05) is 30.3 Å². The number of rotatable bonds is 6. The summed E-state index contributed by atoms with van der Waals surface area (Å²) in [4.78, 5) is 0. The molecule has 1 saturated heterocycles. The largest absolute Gasteiger partial charge is 0.352 e. The molecule has 1 heterocycles. The van der Waals surface area contributed by atoms with Gasteiger partial charge in [0.25, 0.3) is 0 Å². The van der Waals surface area contributed by atoms with Crippen molar-refractivity contribution in [1.82, 2.24) is 5.06 Å². The highest BCUT2D eigenvalue weighted by atomic mass is 31.2. The van der Waals surface area contributed by atoms with E-state index in [4.69, 9.17) is 9.05 Å². The molecule has 2 rings (SSSR count). The van der Waals surface area contributed by atoms with Gasteiger partial charge in [0.05, 0.1) is 18.8 Å². The predicted molar refractivity (Wildman–Crippen MR) is 89.7 cm³/mol. The minimum Gasteiger partial charge on any atom is -0.308 e. The minimum absolute atomic E-state index is 0.0413. The fourth-order valence-electron chi connectivity index (χ4n) is 3.57. The molecule has 129 valence electrons. The van der Waals surface area contributed by atoms with E-state index in [0.717, 1.165) is 10.6 Å². The van der Waals surface area contributed by atoms with Crippen LogP contribution >= 0.6 is 7.60 Å². The third-order valence-corrected chi connectivity index (χ3v) is 7.54. The Kier molecular flexibility index (Phi) is 5.39. The van der Waals surface area contributed by atoms with Crippen molar-refractivity contribution >= 4 is 7.60 Å². The summed E-state index contributed by atoms with van der Waals surface area (Å²) in [6, 6.07) is 9.89. The van der Waals surface area contributed by atoms with Crippen LogP contribution in [0.2, 0.25) is 0 Å². The molecule has 1 fully saturated rings. The zero-order chi connectivity index (χ0) is 17.3. The second kappa shape index (κ2) is 6.66. The Labute approximate surface area is 139 Å². The lowest BCUT2D eigenvalue weighted by atomic mass is 9.83. The van der Waals surface area contributed by atoms with E-state index >= 15 is 0 Å². The summed E-state index contributed by atoms with van der Waals surface area (Å²) in [5, 5.41) is 12.9. The lowest BCUT2D eigenvalue weighted by Gasteiger charge is -2.38. The fourth-order valence-corrected chi connectivity index (χ4v) is 5.77. The summed E-state index contributed by atoms with van der Waals surface area (Å²) in [7, 11) is -3.56. The molecule has 0 saturated carbocycles. The maximum absolute atomic E-state index is 13.3. The number of benzene rings is 1. The summed E-state index contributed by atoms with van der Waals surface area (Å²) in [6.07, 6.45) is 0.435. The molecule has 1 aromatic carbocycles. The highest BCUT2D eigenvalue weighted by Gasteiger charge is 2.64. The van der Waals surface area contributed by atoms with Gasteiger partial charge in [-0.25, -0.2) is 0 Å². The lowest BCUT2D eigenvalue weighted by molar-refractivity contribution is -0.234. The van der Waals surface area contributed by atoms with Gasteiger partial charge in [0.1, 0.15) is 5.28 Å². The topological polar surface area (TPSA) is 58.7 Å². The Balaban J connectivity index is 2.46. The highest BCUT2D eigenvalue weighted by Crippen LogP contribution is 2.69. The molecule has 23 heavy (non-hydrogen) atoms. The Bertz CT molecular complexity index is 567. The molecule has 1 aliphatic rings. The minimum atomic E-state index is -3.56. The first kappa shape index (κ1) is 18.6. The number of nitrogens with zero attached hydrogens (tertiary/aromatic N) is 1. The number of hydroxylamine groups is 2. The van der Waals surface area contributed by atoms with Crippen molar-refractivity contribution in [3.63, 3.8) is 0 Å². The summed E-state index contributed by atoms with van der Waals surface area (Å²) < 4.78 is 24.3. The zero-order valence-corrected chi connectivity index (χ0v) is 15.5. The average Bonchev–Trinajstić information content (AvgIpc) is 2.70. The van der Waals surface area contributed by atoms with Gasteiger partial charge in [-0.15, -0.1) is 10.3 Å².